The number of amidine groups is 1. The fourth-order valence-corrected chi connectivity index (χ4v) is 6.89. The van der Waals surface area contributed by atoms with E-state index in [4.69, 9.17) is 35.9 Å². The molecule has 2 aromatic rings. The van der Waals surface area contributed by atoms with Crippen LogP contribution in [0.3, 0.4) is 0 Å². The van der Waals surface area contributed by atoms with Gasteiger partial charge in [-0.1, -0.05) is 60.9 Å². The highest BCUT2D eigenvalue weighted by Gasteiger charge is 2.51. The third kappa shape index (κ3) is 11.9. The largest absolute Gasteiger partial charge is 0.451 e. The molecule has 0 bridgehead atoms. The van der Waals surface area contributed by atoms with Gasteiger partial charge in [0.15, 0.2) is 17.6 Å². The average Bonchev–Trinajstić information content (AvgIpc) is 2.98. The number of benzene rings is 1. The molecule has 0 spiro atoms. The van der Waals surface area contributed by atoms with E-state index in [2.05, 4.69) is 41.4 Å². The van der Waals surface area contributed by atoms with Crippen LogP contribution in [-0.4, -0.2) is 82.2 Å². The zero-order valence-corrected chi connectivity index (χ0v) is 31.6. The van der Waals surface area contributed by atoms with Gasteiger partial charge in [0.1, 0.15) is 40.4 Å². The normalized spacial score (nSPS) is 19.8. The van der Waals surface area contributed by atoms with Crippen molar-refractivity contribution < 1.29 is 37.7 Å². The SMILES string of the molecule is CC(C)(C)OC(=O)N(COCC[Si](C)(C)C)C1=N[C@](C)(c2cc(/C=C(\F)c3cnc(Cl)cn3)ccc2F)CC(C)(C(=O)OCC#CCO)S1. The van der Waals surface area contributed by atoms with E-state index in [1.54, 1.807) is 34.6 Å². The summed E-state index contributed by atoms with van der Waals surface area (Å²) in [6.07, 6.45) is 2.70. The van der Waals surface area contributed by atoms with Gasteiger partial charge < -0.3 is 19.3 Å². The molecule has 1 amide bonds. The minimum atomic E-state index is -1.48. The Balaban J connectivity index is 2.14. The number of esters is 1. The molecule has 1 aromatic heterocycles. The number of hydrogen-bond donors (Lipinski definition) is 1. The molecule has 2 atom stereocenters. The van der Waals surface area contributed by atoms with E-state index < -0.39 is 54.3 Å². The first-order valence-corrected chi connectivity index (χ1v) is 20.4. The predicted octanol–water partition coefficient (Wildman–Crippen LogP) is 7.29. The first-order chi connectivity index (χ1) is 22.7. The molecule has 1 unspecified atom stereocenters. The summed E-state index contributed by atoms with van der Waals surface area (Å²) in [5.41, 5.74) is -2.11. The molecular formula is C34H43ClF2N4O6SSi. The maximum absolute atomic E-state index is 15.8. The Hall–Kier alpha value is -3.35. The zero-order valence-electron chi connectivity index (χ0n) is 29.0. The first-order valence-electron chi connectivity index (χ1n) is 15.5. The first kappa shape index (κ1) is 40.1. The lowest BCUT2D eigenvalue weighted by atomic mass is 9.82. The smallest absolute Gasteiger partial charge is 0.418 e. The van der Waals surface area contributed by atoms with Gasteiger partial charge in [-0.2, -0.15) is 0 Å². The summed E-state index contributed by atoms with van der Waals surface area (Å²) in [5.74, 6) is 2.87. The number of thioether (sulfide) groups is 1. The molecule has 0 saturated heterocycles. The molecule has 3 rings (SSSR count). The van der Waals surface area contributed by atoms with Crippen molar-refractivity contribution in [3.05, 3.63) is 58.4 Å². The Bertz CT molecular complexity index is 1640. The van der Waals surface area contributed by atoms with E-state index in [0.717, 1.165) is 17.8 Å². The highest BCUT2D eigenvalue weighted by atomic mass is 35.5. The van der Waals surface area contributed by atoms with Crippen molar-refractivity contribution in [3.63, 3.8) is 0 Å². The summed E-state index contributed by atoms with van der Waals surface area (Å²) in [5, 5.41) is 9.14. The Morgan fingerprint density at radius 2 is 1.90 bits per heavy atom. The summed E-state index contributed by atoms with van der Waals surface area (Å²) in [6.45, 7) is 14.4. The van der Waals surface area contributed by atoms with Crippen LogP contribution in [0.5, 0.6) is 0 Å². The number of aromatic nitrogens is 2. The molecule has 0 fully saturated rings. The van der Waals surface area contributed by atoms with E-state index in [-0.39, 0.29) is 46.9 Å². The number of carbonyl (C=O) groups excluding carboxylic acids is 2. The summed E-state index contributed by atoms with van der Waals surface area (Å²) in [4.78, 5) is 41.2. The highest BCUT2D eigenvalue weighted by Crippen LogP contribution is 2.48. The van der Waals surface area contributed by atoms with Gasteiger partial charge in [-0.3, -0.25) is 9.79 Å². The van der Waals surface area contributed by atoms with Gasteiger partial charge in [0, 0.05) is 26.7 Å². The minimum Gasteiger partial charge on any atom is -0.451 e. The van der Waals surface area contributed by atoms with Crippen molar-refractivity contribution in [2.24, 2.45) is 4.99 Å². The Morgan fingerprint density at radius 3 is 2.51 bits per heavy atom. The van der Waals surface area contributed by atoms with E-state index in [1.807, 2.05) is 0 Å². The van der Waals surface area contributed by atoms with E-state index >= 15 is 8.78 Å². The highest BCUT2D eigenvalue weighted by molar-refractivity contribution is 8.15. The number of carbonyl (C=O) groups is 2. The Morgan fingerprint density at radius 1 is 1.18 bits per heavy atom. The van der Waals surface area contributed by atoms with E-state index in [0.29, 0.717) is 6.61 Å². The Kier molecular flexibility index (Phi) is 13.6. The molecule has 0 saturated carbocycles. The van der Waals surface area contributed by atoms with Gasteiger partial charge in [-0.25, -0.2) is 28.4 Å². The van der Waals surface area contributed by atoms with Crippen LogP contribution >= 0.6 is 23.4 Å². The maximum atomic E-state index is 15.8. The molecule has 0 radical (unpaired) electrons. The second-order valence-corrected chi connectivity index (χ2v) is 21.5. The molecule has 266 valence electrons. The molecule has 10 nitrogen and oxygen atoms in total. The van der Waals surface area contributed by atoms with Crippen LogP contribution in [0.15, 0.2) is 35.6 Å². The molecule has 1 aliphatic rings. The minimum absolute atomic E-state index is 0.0388. The standard InChI is InChI=1S/C34H43ClF2N4O6SSi/c1-32(2,3)47-31(44)41(22-45-15-16-49(6,7)8)30-40-33(4,21-34(5,48-30)29(43)46-14-10-9-13-42)24-17-23(11-12-25(24)36)18-26(37)27-19-39-28(35)20-38-27/h11-12,17-20,42H,13-16,21-22H2,1-8H3/b26-18-/t33-,34?/m0/s1. The molecule has 1 aliphatic heterocycles. The lowest BCUT2D eigenvalue weighted by Crippen LogP contribution is -2.50. The number of amides is 1. The average molecular weight is 737 g/mol. The van der Waals surface area contributed by atoms with Crippen LogP contribution in [0.1, 0.15) is 57.9 Å². The van der Waals surface area contributed by atoms with Crippen molar-refractivity contribution in [1.29, 1.82) is 0 Å². The Labute approximate surface area is 296 Å². The molecular weight excluding hydrogens is 694 g/mol. The molecule has 0 aliphatic carbocycles. The lowest BCUT2D eigenvalue weighted by Gasteiger charge is -2.42. The number of nitrogens with zero attached hydrogens (tertiary/aromatic N) is 4. The number of rotatable bonds is 10. The third-order valence-electron chi connectivity index (χ3n) is 7.04. The third-order valence-corrected chi connectivity index (χ3v) is 10.2. The van der Waals surface area contributed by atoms with Crippen LogP contribution < -0.4 is 0 Å². The second kappa shape index (κ2) is 16.6. The number of aliphatic hydroxyl groups excluding tert-OH is 1. The summed E-state index contributed by atoms with van der Waals surface area (Å²) in [6, 6.07) is 4.82. The number of aliphatic imine (C=N–C) groups is 1. The van der Waals surface area contributed by atoms with Crippen molar-refractivity contribution in [3.8, 4) is 11.8 Å². The predicted molar refractivity (Wildman–Crippen MR) is 191 cm³/mol. The van der Waals surface area contributed by atoms with Crippen molar-refractivity contribution in [2.75, 3.05) is 26.6 Å². The van der Waals surface area contributed by atoms with Crippen molar-refractivity contribution >= 4 is 60.6 Å². The van der Waals surface area contributed by atoms with Crippen molar-refractivity contribution in [1.82, 2.24) is 14.9 Å². The van der Waals surface area contributed by atoms with E-state index in [1.165, 1.54) is 41.6 Å². The van der Waals surface area contributed by atoms with Crippen molar-refractivity contribution in [2.45, 2.75) is 82.6 Å². The van der Waals surface area contributed by atoms with Crippen LogP contribution in [-0.2, 0) is 24.5 Å². The number of aliphatic hydroxyl groups is 1. The molecule has 15 heteroatoms. The van der Waals surface area contributed by atoms with E-state index in [9.17, 15) is 9.59 Å². The van der Waals surface area contributed by atoms with Gasteiger partial charge in [-0.15, -0.1) is 0 Å². The summed E-state index contributed by atoms with van der Waals surface area (Å²) in [7, 11) is -1.48. The molecule has 49 heavy (non-hydrogen) atoms. The summed E-state index contributed by atoms with van der Waals surface area (Å²) < 4.78 is 46.7. The van der Waals surface area contributed by atoms with Crippen LogP contribution in [0.2, 0.25) is 30.8 Å². The maximum Gasteiger partial charge on any atom is 0.418 e. The number of ether oxygens (including phenoxy) is 3. The molecule has 1 aromatic carbocycles. The molecule has 1 N–H and O–H groups in total. The van der Waals surface area contributed by atoms with Gasteiger partial charge in [0.25, 0.3) is 0 Å². The monoisotopic (exact) mass is 736 g/mol. The quantitative estimate of drug-likeness (QED) is 0.0881. The second-order valence-electron chi connectivity index (χ2n) is 14.0. The topological polar surface area (TPSA) is 123 Å². The van der Waals surface area contributed by atoms with Gasteiger partial charge in [-0.05, 0) is 64.4 Å². The van der Waals surface area contributed by atoms with Crippen LogP contribution in [0, 0.1) is 17.7 Å². The zero-order chi connectivity index (χ0) is 36.6. The van der Waals surface area contributed by atoms with Crippen LogP contribution in [0.25, 0.3) is 11.9 Å². The number of halogens is 3. The summed E-state index contributed by atoms with van der Waals surface area (Å²) >= 11 is 6.74. The van der Waals surface area contributed by atoms with Gasteiger partial charge in [0.05, 0.1) is 17.9 Å². The fraction of sp³-hybridized carbons (Fsp3) is 0.500. The molecule has 2 heterocycles. The van der Waals surface area contributed by atoms with Gasteiger partial charge in [0.2, 0.25) is 0 Å². The van der Waals surface area contributed by atoms with Crippen LogP contribution in [0.4, 0.5) is 13.6 Å². The van der Waals surface area contributed by atoms with Gasteiger partial charge >= 0.3 is 12.1 Å². The number of hydrogen-bond acceptors (Lipinski definition) is 10. The lowest BCUT2D eigenvalue weighted by molar-refractivity contribution is -0.145. The fourth-order valence-electron chi connectivity index (χ4n) is 4.65.